The second-order valence-electron chi connectivity index (χ2n) is 4.25. The Labute approximate surface area is 113 Å². The van der Waals surface area contributed by atoms with Crippen molar-refractivity contribution in [3.05, 3.63) is 54.0 Å². The van der Waals surface area contributed by atoms with Gasteiger partial charge >= 0.3 is 0 Å². The summed E-state index contributed by atoms with van der Waals surface area (Å²) in [6.07, 6.45) is 2.59. The van der Waals surface area contributed by atoms with Crippen LogP contribution in [0.1, 0.15) is 30.8 Å². The Morgan fingerprint density at radius 3 is 2.68 bits per heavy atom. The van der Waals surface area contributed by atoms with Crippen LogP contribution in [-0.2, 0) is 4.74 Å². The van der Waals surface area contributed by atoms with Crippen LogP contribution in [0, 0.1) is 0 Å². The Morgan fingerprint density at radius 1 is 1.21 bits per heavy atom. The van der Waals surface area contributed by atoms with Crippen molar-refractivity contribution in [2.24, 2.45) is 0 Å². The van der Waals surface area contributed by atoms with Crippen LogP contribution in [0.2, 0.25) is 0 Å². The molecule has 0 saturated heterocycles. The monoisotopic (exact) mass is 257 g/mol. The van der Waals surface area contributed by atoms with Crippen molar-refractivity contribution in [1.82, 2.24) is 9.97 Å². The standard InChI is InChI=1S/C15H19N3O/c1-3-10-16-13-9-11-17-15(18-13)14(19-2)12-7-5-4-6-8-12/h4-9,11,14H,3,10H2,1-2H3,(H,16,17,18). The molecule has 1 atom stereocenters. The lowest BCUT2D eigenvalue weighted by Crippen LogP contribution is -2.10. The average Bonchev–Trinajstić information content (AvgIpc) is 2.47. The molecule has 0 spiro atoms. The zero-order chi connectivity index (χ0) is 13.5. The third-order valence-corrected chi connectivity index (χ3v) is 2.80. The molecule has 0 aliphatic carbocycles. The van der Waals surface area contributed by atoms with Gasteiger partial charge in [0, 0.05) is 19.9 Å². The first-order valence-corrected chi connectivity index (χ1v) is 6.49. The lowest BCUT2D eigenvalue weighted by Gasteiger charge is -2.15. The maximum atomic E-state index is 5.53. The number of methoxy groups -OCH3 is 1. The highest BCUT2D eigenvalue weighted by molar-refractivity contribution is 5.34. The summed E-state index contributed by atoms with van der Waals surface area (Å²) in [6, 6.07) is 11.9. The second-order valence-corrected chi connectivity index (χ2v) is 4.25. The Balaban J connectivity index is 2.23. The fourth-order valence-electron chi connectivity index (χ4n) is 1.87. The van der Waals surface area contributed by atoms with E-state index in [2.05, 4.69) is 22.2 Å². The van der Waals surface area contributed by atoms with E-state index in [0.717, 1.165) is 24.3 Å². The molecule has 0 bridgehead atoms. The molecule has 2 rings (SSSR count). The van der Waals surface area contributed by atoms with Crippen LogP contribution in [0.25, 0.3) is 0 Å². The van der Waals surface area contributed by atoms with Crippen molar-refractivity contribution >= 4 is 5.82 Å². The number of nitrogens with zero attached hydrogens (tertiary/aromatic N) is 2. The summed E-state index contributed by atoms with van der Waals surface area (Å²) >= 11 is 0. The van der Waals surface area contributed by atoms with Gasteiger partial charge in [-0.3, -0.25) is 0 Å². The number of benzene rings is 1. The van der Waals surface area contributed by atoms with E-state index in [9.17, 15) is 0 Å². The molecule has 1 heterocycles. The Hall–Kier alpha value is -1.94. The van der Waals surface area contributed by atoms with Gasteiger partial charge in [0.15, 0.2) is 5.82 Å². The Kier molecular flexibility index (Phi) is 4.86. The van der Waals surface area contributed by atoms with Crippen molar-refractivity contribution in [2.75, 3.05) is 19.0 Å². The molecule has 4 nitrogen and oxygen atoms in total. The minimum absolute atomic E-state index is 0.232. The van der Waals surface area contributed by atoms with Gasteiger partial charge in [-0.2, -0.15) is 0 Å². The van der Waals surface area contributed by atoms with Gasteiger partial charge in [-0.25, -0.2) is 9.97 Å². The zero-order valence-electron chi connectivity index (χ0n) is 11.3. The van der Waals surface area contributed by atoms with Crippen LogP contribution in [0.15, 0.2) is 42.6 Å². The van der Waals surface area contributed by atoms with Crippen molar-refractivity contribution in [3.63, 3.8) is 0 Å². The van der Waals surface area contributed by atoms with E-state index >= 15 is 0 Å². The molecule has 1 N–H and O–H groups in total. The number of anilines is 1. The molecule has 1 unspecified atom stereocenters. The number of hydrogen-bond acceptors (Lipinski definition) is 4. The lowest BCUT2D eigenvalue weighted by molar-refractivity contribution is 0.129. The van der Waals surface area contributed by atoms with E-state index in [0.29, 0.717) is 5.82 Å². The van der Waals surface area contributed by atoms with Gasteiger partial charge in [-0.05, 0) is 18.1 Å². The molecule has 4 heteroatoms. The molecule has 0 aliphatic rings. The number of nitrogens with one attached hydrogen (secondary N) is 1. The van der Waals surface area contributed by atoms with Gasteiger partial charge in [0.05, 0.1) is 0 Å². The fraction of sp³-hybridized carbons (Fsp3) is 0.333. The zero-order valence-corrected chi connectivity index (χ0v) is 11.3. The van der Waals surface area contributed by atoms with E-state index in [1.807, 2.05) is 36.4 Å². The predicted octanol–water partition coefficient (Wildman–Crippen LogP) is 3.03. The fourth-order valence-corrected chi connectivity index (χ4v) is 1.87. The van der Waals surface area contributed by atoms with Crippen LogP contribution in [0.3, 0.4) is 0 Å². The summed E-state index contributed by atoms with van der Waals surface area (Å²) in [5, 5.41) is 3.26. The third kappa shape index (κ3) is 3.51. The van der Waals surface area contributed by atoms with Crippen molar-refractivity contribution in [2.45, 2.75) is 19.4 Å². The van der Waals surface area contributed by atoms with Gasteiger partial charge in [-0.15, -0.1) is 0 Å². The second kappa shape index (κ2) is 6.85. The highest BCUT2D eigenvalue weighted by atomic mass is 16.5. The van der Waals surface area contributed by atoms with Crippen molar-refractivity contribution in [3.8, 4) is 0 Å². The summed E-state index contributed by atoms with van der Waals surface area (Å²) in [5.41, 5.74) is 1.05. The first-order valence-electron chi connectivity index (χ1n) is 6.49. The molecule has 19 heavy (non-hydrogen) atoms. The van der Waals surface area contributed by atoms with Crippen LogP contribution in [0.4, 0.5) is 5.82 Å². The summed E-state index contributed by atoms with van der Waals surface area (Å²) in [7, 11) is 1.67. The highest BCUT2D eigenvalue weighted by Gasteiger charge is 2.16. The van der Waals surface area contributed by atoms with Gasteiger partial charge in [-0.1, -0.05) is 37.3 Å². The quantitative estimate of drug-likeness (QED) is 0.864. The molecule has 0 aliphatic heterocycles. The van der Waals surface area contributed by atoms with E-state index < -0.39 is 0 Å². The molecule has 1 aromatic carbocycles. The predicted molar refractivity (Wildman–Crippen MR) is 76.1 cm³/mol. The topological polar surface area (TPSA) is 47.0 Å². The van der Waals surface area contributed by atoms with Gasteiger partial charge < -0.3 is 10.1 Å². The smallest absolute Gasteiger partial charge is 0.164 e. The lowest BCUT2D eigenvalue weighted by atomic mass is 10.1. The van der Waals surface area contributed by atoms with Crippen LogP contribution in [0.5, 0.6) is 0 Å². The third-order valence-electron chi connectivity index (χ3n) is 2.80. The van der Waals surface area contributed by atoms with E-state index in [4.69, 9.17) is 4.74 Å². The molecule has 0 fully saturated rings. The van der Waals surface area contributed by atoms with Crippen LogP contribution in [-0.4, -0.2) is 23.6 Å². The van der Waals surface area contributed by atoms with Crippen LogP contribution < -0.4 is 5.32 Å². The normalized spacial score (nSPS) is 12.1. The highest BCUT2D eigenvalue weighted by Crippen LogP contribution is 2.22. The molecule has 0 amide bonds. The van der Waals surface area contributed by atoms with E-state index in [1.54, 1.807) is 13.3 Å². The van der Waals surface area contributed by atoms with Gasteiger partial charge in [0.25, 0.3) is 0 Å². The van der Waals surface area contributed by atoms with Crippen molar-refractivity contribution < 1.29 is 4.74 Å². The van der Waals surface area contributed by atoms with Crippen molar-refractivity contribution in [1.29, 1.82) is 0 Å². The van der Waals surface area contributed by atoms with Gasteiger partial charge in [0.1, 0.15) is 11.9 Å². The largest absolute Gasteiger partial charge is 0.370 e. The number of ether oxygens (including phenoxy) is 1. The molecular weight excluding hydrogens is 238 g/mol. The molecule has 100 valence electrons. The SMILES string of the molecule is CCCNc1ccnc(C(OC)c2ccccc2)n1. The van der Waals surface area contributed by atoms with E-state index in [-0.39, 0.29) is 6.10 Å². The summed E-state index contributed by atoms with van der Waals surface area (Å²) in [5.74, 6) is 1.51. The number of hydrogen-bond donors (Lipinski definition) is 1. The maximum absolute atomic E-state index is 5.53. The minimum atomic E-state index is -0.232. The summed E-state index contributed by atoms with van der Waals surface area (Å²) < 4.78 is 5.53. The molecular formula is C15H19N3O. The molecule has 1 aromatic heterocycles. The average molecular weight is 257 g/mol. The minimum Gasteiger partial charge on any atom is -0.370 e. The van der Waals surface area contributed by atoms with Crippen LogP contribution >= 0.6 is 0 Å². The first kappa shape index (κ1) is 13.5. The summed E-state index contributed by atoms with van der Waals surface area (Å²) in [4.78, 5) is 8.83. The van der Waals surface area contributed by atoms with E-state index in [1.165, 1.54) is 0 Å². The Morgan fingerprint density at radius 2 is 2.00 bits per heavy atom. The number of aromatic nitrogens is 2. The van der Waals surface area contributed by atoms with Gasteiger partial charge in [0.2, 0.25) is 0 Å². The number of rotatable bonds is 6. The molecule has 0 saturated carbocycles. The maximum Gasteiger partial charge on any atom is 0.164 e. The summed E-state index contributed by atoms with van der Waals surface area (Å²) in [6.45, 7) is 3.02. The first-order chi connectivity index (χ1) is 9.35. The molecule has 0 radical (unpaired) electrons. The molecule has 2 aromatic rings. The Bertz CT molecular complexity index is 502.